The van der Waals surface area contributed by atoms with Crippen LogP contribution < -0.4 is 9.47 Å². The van der Waals surface area contributed by atoms with E-state index in [1.54, 1.807) is 18.2 Å². The van der Waals surface area contributed by atoms with Crippen LogP contribution in [0.1, 0.15) is 27.9 Å². The minimum atomic E-state index is -0.454. The van der Waals surface area contributed by atoms with Crippen LogP contribution in [0.15, 0.2) is 42.5 Å². The molecule has 0 fully saturated rings. The van der Waals surface area contributed by atoms with Gasteiger partial charge in [-0.25, -0.2) is 0 Å². The maximum absolute atomic E-state index is 12.1. The number of rotatable bonds is 7. The number of hydrogen-bond donors (Lipinski definition) is 0. The number of carbonyl (C=O) groups is 2. The van der Waals surface area contributed by atoms with E-state index in [0.717, 1.165) is 23.3 Å². The van der Waals surface area contributed by atoms with E-state index in [1.165, 1.54) is 0 Å². The Morgan fingerprint density at radius 3 is 2.72 bits per heavy atom. The average molecular weight is 340 g/mol. The minimum Gasteiger partial charge on any atom is -0.493 e. The summed E-state index contributed by atoms with van der Waals surface area (Å²) in [5, 5.41) is 0. The normalized spacial score (nSPS) is 12.2. The van der Waals surface area contributed by atoms with Crippen molar-refractivity contribution in [2.24, 2.45) is 0 Å². The number of fused-ring (bicyclic) bond motifs is 1. The van der Waals surface area contributed by atoms with E-state index < -0.39 is 5.97 Å². The largest absolute Gasteiger partial charge is 0.493 e. The highest BCUT2D eigenvalue weighted by Gasteiger charge is 2.16. The number of esters is 1. The summed E-state index contributed by atoms with van der Waals surface area (Å²) in [4.78, 5) is 23.9. The van der Waals surface area contributed by atoms with E-state index >= 15 is 0 Å². The fraction of sp³-hybridized carbons (Fsp3) is 0.300. The van der Waals surface area contributed by atoms with Gasteiger partial charge in [-0.2, -0.15) is 0 Å². The maximum atomic E-state index is 12.1. The predicted octanol–water partition coefficient (Wildman–Crippen LogP) is 3.12. The third-order valence-corrected chi connectivity index (χ3v) is 3.97. The summed E-state index contributed by atoms with van der Waals surface area (Å²) < 4.78 is 15.9. The Kier molecular flexibility index (Phi) is 5.33. The lowest BCUT2D eigenvalue weighted by molar-refractivity contribution is -0.143. The van der Waals surface area contributed by atoms with E-state index in [4.69, 9.17) is 14.2 Å². The topological polar surface area (TPSA) is 61.8 Å². The Labute approximate surface area is 146 Å². The molecule has 0 unspecified atom stereocenters. The highest BCUT2D eigenvalue weighted by molar-refractivity contribution is 5.98. The Morgan fingerprint density at radius 1 is 1.12 bits per heavy atom. The molecule has 5 nitrogen and oxygen atoms in total. The second-order valence-electron chi connectivity index (χ2n) is 5.92. The number of carbonyl (C=O) groups excluding carboxylic acids is 2. The smallest absolute Gasteiger partial charge is 0.309 e. The van der Waals surface area contributed by atoms with Gasteiger partial charge in [0.2, 0.25) is 0 Å². The summed E-state index contributed by atoms with van der Waals surface area (Å²) >= 11 is 0. The highest BCUT2D eigenvalue weighted by Crippen LogP contribution is 2.26. The van der Waals surface area contributed by atoms with Gasteiger partial charge < -0.3 is 14.2 Å². The van der Waals surface area contributed by atoms with Gasteiger partial charge in [0.15, 0.2) is 12.4 Å². The lowest BCUT2D eigenvalue weighted by Crippen LogP contribution is -2.16. The summed E-state index contributed by atoms with van der Waals surface area (Å²) in [7, 11) is 0. The summed E-state index contributed by atoms with van der Waals surface area (Å²) in [6.07, 6.45) is 0.895. The second kappa shape index (κ2) is 7.83. The summed E-state index contributed by atoms with van der Waals surface area (Å²) in [5.74, 6) is 0.851. The van der Waals surface area contributed by atoms with Crippen molar-refractivity contribution in [1.29, 1.82) is 0 Å². The summed E-state index contributed by atoms with van der Waals surface area (Å²) in [5.41, 5.74) is 2.69. The van der Waals surface area contributed by atoms with Gasteiger partial charge in [-0.15, -0.1) is 0 Å². The molecule has 0 N–H and O–H groups in total. The quantitative estimate of drug-likeness (QED) is 0.572. The third-order valence-electron chi connectivity index (χ3n) is 3.97. The standard InChI is InChI=1S/C20H20O5/c1-14-2-5-17(6-3-14)23-11-9-20(22)25-13-18(21)15-4-7-19-16(12-15)8-10-24-19/h2-7,12H,8-11,13H2,1H3. The Bertz CT molecular complexity index is 764. The molecule has 25 heavy (non-hydrogen) atoms. The molecular formula is C20H20O5. The van der Waals surface area contributed by atoms with Crippen LogP contribution in [0.5, 0.6) is 11.5 Å². The first-order valence-corrected chi connectivity index (χ1v) is 8.26. The van der Waals surface area contributed by atoms with Crippen LogP contribution in [0.4, 0.5) is 0 Å². The van der Waals surface area contributed by atoms with Gasteiger partial charge in [0.25, 0.3) is 0 Å². The number of Topliss-reactive ketones (excluding diaryl/α,β-unsaturated/α-hetero) is 1. The molecule has 0 atom stereocenters. The van der Waals surface area contributed by atoms with Crippen molar-refractivity contribution in [2.45, 2.75) is 19.8 Å². The van der Waals surface area contributed by atoms with Crippen molar-refractivity contribution in [1.82, 2.24) is 0 Å². The molecule has 0 amide bonds. The zero-order valence-corrected chi connectivity index (χ0v) is 14.1. The average Bonchev–Trinajstić information content (AvgIpc) is 3.09. The molecule has 1 aliphatic rings. The first-order chi connectivity index (χ1) is 12.1. The van der Waals surface area contributed by atoms with Crippen molar-refractivity contribution in [2.75, 3.05) is 19.8 Å². The zero-order valence-electron chi connectivity index (χ0n) is 14.1. The number of ketones is 1. The van der Waals surface area contributed by atoms with Gasteiger partial charge in [-0.05, 0) is 42.8 Å². The molecule has 0 saturated carbocycles. The fourth-order valence-corrected chi connectivity index (χ4v) is 2.55. The van der Waals surface area contributed by atoms with E-state index in [0.29, 0.717) is 17.9 Å². The van der Waals surface area contributed by atoms with Crippen LogP contribution in [0.3, 0.4) is 0 Å². The van der Waals surface area contributed by atoms with Crippen LogP contribution in [0.25, 0.3) is 0 Å². The monoisotopic (exact) mass is 340 g/mol. The molecule has 130 valence electrons. The van der Waals surface area contributed by atoms with E-state index in [1.807, 2.05) is 31.2 Å². The number of ether oxygens (including phenoxy) is 3. The molecule has 1 heterocycles. The van der Waals surface area contributed by atoms with Gasteiger partial charge in [0, 0.05) is 12.0 Å². The SMILES string of the molecule is Cc1ccc(OCCC(=O)OCC(=O)c2ccc3c(c2)CCO3)cc1. The molecule has 0 spiro atoms. The van der Waals surface area contributed by atoms with E-state index in [9.17, 15) is 9.59 Å². The van der Waals surface area contributed by atoms with Crippen LogP contribution in [-0.4, -0.2) is 31.6 Å². The number of aryl methyl sites for hydroxylation is 1. The van der Waals surface area contributed by atoms with Gasteiger partial charge in [-0.3, -0.25) is 9.59 Å². The molecule has 2 aromatic rings. The minimum absolute atomic E-state index is 0.0964. The van der Waals surface area contributed by atoms with Crippen LogP contribution in [0.2, 0.25) is 0 Å². The van der Waals surface area contributed by atoms with Crippen molar-refractivity contribution < 1.29 is 23.8 Å². The Balaban J connectivity index is 1.41. The fourth-order valence-electron chi connectivity index (χ4n) is 2.55. The van der Waals surface area contributed by atoms with Gasteiger partial charge in [-0.1, -0.05) is 17.7 Å². The molecule has 0 aliphatic carbocycles. The van der Waals surface area contributed by atoms with Crippen molar-refractivity contribution in [3.63, 3.8) is 0 Å². The lowest BCUT2D eigenvalue weighted by Gasteiger charge is -2.07. The van der Waals surface area contributed by atoms with Crippen molar-refractivity contribution in [3.8, 4) is 11.5 Å². The van der Waals surface area contributed by atoms with Crippen molar-refractivity contribution >= 4 is 11.8 Å². The predicted molar refractivity (Wildman–Crippen MR) is 92.2 cm³/mol. The molecule has 1 aliphatic heterocycles. The Morgan fingerprint density at radius 2 is 1.92 bits per heavy atom. The van der Waals surface area contributed by atoms with Crippen LogP contribution >= 0.6 is 0 Å². The highest BCUT2D eigenvalue weighted by atomic mass is 16.5. The van der Waals surface area contributed by atoms with Gasteiger partial charge in [0.1, 0.15) is 11.5 Å². The van der Waals surface area contributed by atoms with Gasteiger partial charge in [0.05, 0.1) is 19.6 Å². The maximum Gasteiger partial charge on any atom is 0.309 e. The first kappa shape index (κ1) is 17.0. The molecule has 0 saturated heterocycles. The molecule has 2 aromatic carbocycles. The van der Waals surface area contributed by atoms with Crippen LogP contribution in [-0.2, 0) is 16.0 Å². The zero-order chi connectivity index (χ0) is 17.6. The first-order valence-electron chi connectivity index (χ1n) is 8.26. The summed E-state index contributed by atoms with van der Waals surface area (Å²) in [6.45, 7) is 2.59. The molecule has 0 radical (unpaired) electrons. The van der Waals surface area contributed by atoms with Crippen molar-refractivity contribution in [3.05, 3.63) is 59.2 Å². The Hall–Kier alpha value is -2.82. The molecular weight excluding hydrogens is 320 g/mol. The molecule has 0 aromatic heterocycles. The van der Waals surface area contributed by atoms with Crippen LogP contribution in [0, 0.1) is 6.92 Å². The molecule has 3 rings (SSSR count). The van der Waals surface area contributed by atoms with Gasteiger partial charge >= 0.3 is 5.97 Å². The number of hydrogen-bond acceptors (Lipinski definition) is 5. The molecule has 5 heteroatoms. The molecule has 0 bridgehead atoms. The summed E-state index contributed by atoms with van der Waals surface area (Å²) in [6, 6.07) is 12.9. The number of benzene rings is 2. The third kappa shape index (κ3) is 4.59. The second-order valence-corrected chi connectivity index (χ2v) is 5.92. The van der Waals surface area contributed by atoms with E-state index in [-0.39, 0.29) is 25.4 Å². The van der Waals surface area contributed by atoms with E-state index in [2.05, 4.69) is 0 Å². The lowest BCUT2D eigenvalue weighted by atomic mass is 10.1.